The van der Waals surface area contributed by atoms with Gasteiger partial charge in [0.1, 0.15) is 5.01 Å². The minimum absolute atomic E-state index is 0.205. The molecule has 2 aromatic heterocycles. The second-order valence-electron chi connectivity index (χ2n) is 4.59. The average molecular weight is 248 g/mol. The Morgan fingerprint density at radius 3 is 2.88 bits per heavy atom. The third-order valence-corrected chi connectivity index (χ3v) is 3.88. The van der Waals surface area contributed by atoms with Crippen LogP contribution in [-0.4, -0.2) is 20.8 Å². The van der Waals surface area contributed by atoms with Gasteiger partial charge < -0.3 is 5.32 Å². The topological polar surface area (TPSA) is 42.7 Å². The van der Waals surface area contributed by atoms with Crippen molar-refractivity contribution in [2.24, 2.45) is 7.05 Å². The van der Waals surface area contributed by atoms with Gasteiger partial charge in [-0.1, -0.05) is 0 Å². The van der Waals surface area contributed by atoms with E-state index in [9.17, 15) is 0 Å². The first-order valence-electron chi connectivity index (χ1n) is 5.89. The standard InChI is InChI=1S/C12H16N4S/c1-8-10(7-16(2)15-8)11(14-9-3-4-9)12-13-5-6-17-12/h5-7,9,11,14H,3-4H2,1-2H3. The van der Waals surface area contributed by atoms with Crippen molar-refractivity contribution in [2.45, 2.75) is 31.8 Å². The molecule has 0 spiro atoms. The Hall–Kier alpha value is -1.20. The number of hydrogen-bond acceptors (Lipinski definition) is 4. The minimum atomic E-state index is 0.205. The second kappa shape index (κ2) is 4.23. The van der Waals surface area contributed by atoms with E-state index in [2.05, 4.69) is 28.5 Å². The maximum absolute atomic E-state index is 4.44. The molecule has 4 nitrogen and oxygen atoms in total. The maximum atomic E-state index is 4.44. The third kappa shape index (κ3) is 2.25. The van der Waals surface area contributed by atoms with Gasteiger partial charge in [0.25, 0.3) is 0 Å². The van der Waals surface area contributed by atoms with Crippen LogP contribution in [-0.2, 0) is 7.05 Å². The van der Waals surface area contributed by atoms with Crippen LogP contribution in [0.4, 0.5) is 0 Å². The Morgan fingerprint density at radius 1 is 1.53 bits per heavy atom. The molecular formula is C12H16N4S. The van der Waals surface area contributed by atoms with E-state index in [4.69, 9.17) is 0 Å². The molecule has 3 rings (SSSR count). The van der Waals surface area contributed by atoms with E-state index in [0.29, 0.717) is 6.04 Å². The lowest BCUT2D eigenvalue weighted by molar-refractivity contribution is 0.595. The van der Waals surface area contributed by atoms with Gasteiger partial charge in [-0.3, -0.25) is 4.68 Å². The van der Waals surface area contributed by atoms with Gasteiger partial charge >= 0.3 is 0 Å². The highest BCUT2D eigenvalue weighted by atomic mass is 32.1. The highest BCUT2D eigenvalue weighted by molar-refractivity contribution is 7.09. The molecule has 2 aromatic rings. The zero-order valence-electron chi connectivity index (χ0n) is 10.1. The fraction of sp³-hybridized carbons (Fsp3) is 0.500. The van der Waals surface area contributed by atoms with Crippen molar-refractivity contribution in [1.82, 2.24) is 20.1 Å². The van der Waals surface area contributed by atoms with Crippen LogP contribution in [0.2, 0.25) is 0 Å². The highest BCUT2D eigenvalue weighted by Gasteiger charge is 2.29. The Morgan fingerprint density at radius 2 is 2.35 bits per heavy atom. The molecule has 17 heavy (non-hydrogen) atoms. The van der Waals surface area contributed by atoms with Crippen molar-refractivity contribution in [3.05, 3.63) is 34.0 Å². The fourth-order valence-electron chi connectivity index (χ4n) is 2.06. The summed E-state index contributed by atoms with van der Waals surface area (Å²) in [6, 6.07) is 0.861. The Balaban J connectivity index is 1.94. The summed E-state index contributed by atoms with van der Waals surface area (Å²) in [6.07, 6.45) is 6.52. The summed E-state index contributed by atoms with van der Waals surface area (Å²) in [6.45, 7) is 2.06. The number of hydrogen-bond donors (Lipinski definition) is 1. The number of aromatic nitrogens is 3. The van der Waals surface area contributed by atoms with Crippen LogP contribution in [0.1, 0.15) is 35.1 Å². The van der Waals surface area contributed by atoms with Crippen LogP contribution in [0.3, 0.4) is 0 Å². The third-order valence-electron chi connectivity index (χ3n) is 3.04. The monoisotopic (exact) mass is 248 g/mol. The number of aryl methyl sites for hydroxylation is 2. The zero-order chi connectivity index (χ0) is 11.8. The molecule has 0 aromatic carbocycles. The highest BCUT2D eigenvalue weighted by Crippen LogP contribution is 2.30. The Labute approximate surface area is 105 Å². The Bertz CT molecular complexity index is 499. The van der Waals surface area contributed by atoms with Crippen LogP contribution >= 0.6 is 11.3 Å². The first-order valence-corrected chi connectivity index (χ1v) is 6.77. The summed E-state index contributed by atoms with van der Waals surface area (Å²) < 4.78 is 1.87. The lowest BCUT2D eigenvalue weighted by atomic mass is 10.1. The number of rotatable bonds is 4. The van der Waals surface area contributed by atoms with E-state index in [-0.39, 0.29) is 6.04 Å². The van der Waals surface area contributed by atoms with Gasteiger partial charge in [0, 0.05) is 36.4 Å². The maximum Gasteiger partial charge on any atom is 0.114 e. The zero-order valence-corrected chi connectivity index (χ0v) is 10.9. The molecule has 0 saturated heterocycles. The summed E-state index contributed by atoms with van der Waals surface area (Å²) in [5, 5.41) is 11.2. The molecule has 90 valence electrons. The van der Waals surface area contributed by atoms with Crippen LogP contribution in [0.25, 0.3) is 0 Å². The molecule has 1 saturated carbocycles. The molecule has 5 heteroatoms. The summed E-state index contributed by atoms with van der Waals surface area (Å²) in [5.74, 6) is 0. The van der Waals surface area contributed by atoms with Gasteiger partial charge in [-0.25, -0.2) is 4.98 Å². The fourth-order valence-corrected chi connectivity index (χ4v) is 2.77. The van der Waals surface area contributed by atoms with E-state index in [0.717, 1.165) is 10.7 Å². The smallest absolute Gasteiger partial charge is 0.114 e. The molecule has 0 bridgehead atoms. The lowest BCUT2D eigenvalue weighted by Crippen LogP contribution is -2.24. The van der Waals surface area contributed by atoms with Gasteiger partial charge in [0.2, 0.25) is 0 Å². The minimum Gasteiger partial charge on any atom is -0.301 e. The predicted molar refractivity (Wildman–Crippen MR) is 68.1 cm³/mol. The summed E-state index contributed by atoms with van der Waals surface area (Å²) >= 11 is 1.70. The SMILES string of the molecule is Cc1nn(C)cc1C(NC1CC1)c1nccs1. The van der Waals surface area contributed by atoms with E-state index < -0.39 is 0 Å². The number of thiazole rings is 1. The van der Waals surface area contributed by atoms with Gasteiger partial charge in [-0.05, 0) is 19.8 Å². The van der Waals surface area contributed by atoms with Crippen LogP contribution in [0.15, 0.2) is 17.8 Å². The molecule has 1 aliphatic rings. The van der Waals surface area contributed by atoms with Crippen molar-refractivity contribution < 1.29 is 0 Å². The molecule has 0 radical (unpaired) electrons. The average Bonchev–Trinajstić information content (AvgIpc) is 2.83. The van der Waals surface area contributed by atoms with E-state index >= 15 is 0 Å². The molecular weight excluding hydrogens is 232 g/mol. The normalized spacial score (nSPS) is 17.3. The van der Waals surface area contributed by atoms with Crippen LogP contribution in [0.5, 0.6) is 0 Å². The van der Waals surface area contributed by atoms with Crippen molar-refractivity contribution in [3.63, 3.8) is 0 Å². The molecule has 1 atom stereocenters. The van der Waals surface area contributed by atoms with Crippen molar-refractivity contribution >= 4 is 11.3 Å². The van der Waals surface area contributed by atoms with Crippen molar-refractivity contribution in [2.75, 3.05) is 0 Å². The first-order chi connectivity index (χ1) is 8.24. The van der Waals surface area contributed by atoms with Gasteiger partial charge in [-0.15, -0.1) is 11.3 Å². The summed E-state index contributed by atoms with van der Waals surface area (Å²) in [5.41, 5.74) is 2.33. The Kier molecular flexibility index (Phi) is 2.72. The molecule has 1 unspecified atom stereocenters. The summed E-state index contributed by atoms with van der Waals surface area (Å²) in [4.78, 5) is 4.44. The van der Waals surface area contributed by atoms with Crippen molar-refractivity contribution in [1.29, 1.82) is 0 Å². The lowest BCUT2D eigenvalue weighted by Gasteiger charge is -2.15. The molecule has 1 fully saturated rings. The molecule has 1 aliphatic carbocycles. The van der Waals surface area contributed by atoms with E-state index in [1.165, 1.54) is 18.4 Å². The van der Waals surface area contributed by atoms with E-state index in [1.54, 1.807) is 11.3 Å². The largest absolute Gasteiger partial charge is 0.301 e. The predicted octanol–water partition coefficient (Wildman–Crippen LogP) is 2.03. The molecule has 0 amide bonds. The number of nitrogens with zero attached hydrogens (tertiary/aromatic N) is 3. The van der Waals surface area contributed by atoms with Gasteiger partial charge in [0.05, 0.1) is 11.7 Å². The van der Waals surface area contributed by atoms with Crippen LogP contribution in [0, 0.1) is 6.92 Å². The quantitative estimate of drug-likeness (QED) is 0.900. The van der Waals surface area contributed by atoms with E-state index in [1.807, 2.05) is 23.3 Å². The molecule has 1 N–H and O–H groups in total. The van der Waals surface area contributed by atoms with Crippen LogP contribution < -0.4 is 5.32 Å². The van der Waals surface area contributed by atoms with Crippen molar-refractivity contribution in [3.8, 4) is 0 Å². The van der Waals surface area contributed by atoms with Gasteiger partial charge in [0.15, 0.2) is 0 Å². The first kappa shape index (κ1) is 10.9. The summed E-state index contributed by atoms with van der Waals surface area (Å²) in [7, 11) is 1.96. The molecule has 0 aliphatic heterocycles. The number of nitrogens with one attached hydrogen (secondary N) is 1. The second-order valence-corrected chi connectivity index (χ2v) is 5.51. The van der Waals surface area contributed by atoms with Gasteiger partial charge in [-0.2, -0.15) is 5.10 Å². The molecule has 2 heterocycles.